The highest BCUT2D eigenvalue weighted by Crippen LogP contribution is 2.08. The van der Waals surface area contributed by atoms with Gasteiger partial charge in [-0.05, 0) is 29.7 Å². The summed E-state index contributed by atoms with van der Waals surface area (Å²) in [4.78, 5) is 11.7. The lowest BCUT2D eigenvalue weighted by atomic mass is 10.1. The standard InChI is InChI=1S/C16H18N2O/c17-15-8-4-7-13(11-15)9-10-16(19)18-12-14-5-2-1-3-6-14/h1-8,11H,9-10,12,17H2,(H,18,19). The van der Waals surface area contributed by atoms with Crippen LogP contribution >= 0.6 is 0 Å². The van der Waals surface area contributed by atoms with Crippen molar-refractivity contribution in [3.63, 3.8) is 0 Å². The lowest BCUT2D eigenvalue weighted by Crippen LogP contribution is -2.22. The maximum absolute atomic E-state index is 11.7. The fourth-order valence-corrected chi connectivity index (χ4v) is 1.89. The summed E-state index contributed by atoms with van der Waals surface area (Å²) >= 11 is 0. The molecule has 98 valence electrons. The number of benzene rings is 2. The Morgan fingerprint density at radius 3 is 2.47 bits per heavy atom. The lowest BCUT2D eigenvalue weighted by Gasteiger charge is -2.06. The molecule has 2 rings (SSSR count). The molecule has 3 N–H and O–H groups in total. The van der Waals surface area contributed by atoms with Gasteiger partial charge in [-0.3, -0.25) is 4.79 Å². The molecule has 0 atom stereocenters. The average molecular weight is 254 g/mol. The SMILES string of the molecule is Nc1cccc(CCC(=O)NCc2ccccc2)c1. The van der Waals surface area contributed by atoms with Crippen LogP contribution in [0.5, 0.6) is 0 Å². The Hall–Kier alpha value is -2.29. The minimum atomic E-state index is 0.0614. The summed E-state index contributed by atoms with van der Waals surface area (Å²) in [6.45, 7) is 0.580. The normalized spacial score (nSPS) is 10.1. The van der Waals surface area contributed by atoms with E-state index in [1.54, 1.807) is 0 Å². The van der Waals surface area contributed by atoms with Gasteiger partial charge < -0.3 is 11.1 Å². The van der Waals surface area contributed by atoms with Crippen molar-refractivity contribution in [2.75, 3.05) is 5.73 Å². The number of nitrogens with one attached hydrogen (secondary N) is 1. The smallest absolute Gasteiger partial charge is 0.220 e. The summed E-state index contributed by atoms with van der Waals surface area (Å²) in [7, 11) is 0. The van der Waals surface area contributed by atoms with E-state index in [4.69, 9.17) is 5.73 Å². The van der Waals surface area contributed by atoms with Gasteiger partial charge in [0.1, 0.15) is 0 Å². The number of hydrogen-bond donors (Lipinski definition) is 2. The van der Waals surface area contributed by atoms with Crippen molar-refractivity contribution in [1.29, 1.82) is 0 Å². The van der Waals surface area contributed by atoms with Crippen molar-refractivity contribution in [2.24, 2.45) is 0 Å². The molecule has 0 heterocycles. The summed E-state index contributed by atoms with van der Waals surface area (Å²) in [5, 5.41) is 2.91. The maximum Gasteiger partial charge on any atom is 0.220 e. The van der Waals surface area contributed by atoms with Gasteiger partial charge in [0, 0.05) is 18.7 Å². The van der Waals surface area contributed by atoms with E-state index in [9.17, 15) is 4.79 Å². The first-order chi connectivity index (χ1) is 9.24. The van der Waals surface area contributed by atoms with E-state index < -0.39 is 0 Å². The molecule has 0 spiro atoms. The lowest BCUT2D eigenvalue weighted by molar-refractivity contribution is -0.121. The molecule has 0 radical (unpaired) electrons. The third-order valence-corrected chi connectivity index (χ3v) is 2.92. The van der Waals surface area contributed by atoms with Crippen LogP contribution in [-0.4, -0.2) is 5.91 Å². The fraction of sp³-hybridized carbons (Fsp3) is 0.188. The summed E-state index contributed by atoms with van der Waals surface area (Å²) in [5.74, 6) is 0.0614. The van der Waals surface area contributed by atoms with Crippen molar-refractivity contribution >= 4 is 11.6 Å². The van der Waals surface area contributed by atoms with Crippen LogP contribution in [0.2, 0.25) is 0 Å². The van der Waals surface area contributed by atoms with Gasteiger partial charge in [0.25, 0.3) is 0 Å². The van der Waals surface area contributed by atoms with Crippen LogP contribution < -0.4 is 11.1 Å². The number of anilines is 1. The molecule has 2 aromatic rings. The highest BCUT2D eigenvalue weighted by Gasteiger charge is 2.02. The molecule has 0 unspecified atom stereocenters. The number of aryl methyl sites for hydroxylation is 1. The first kappa shape index (κ1) is 13.1. The summed E-state index contributed by atoms with van der Waals surface area (Å²) in [5.41, 5.74) is 8.64. The molecule has 0 aliphatic rings. The highest BCUT2D eigenvalue weighted by molar-refractivity contribution is 5.76. The predicted molar refractivity (Wildman–Crippen MR) is 77.5 cm³/mol. The van der Waals surface area contributed by atoms with Gasteiger partial charge in [0.05, 0.1) is 0 Å². The zero-order chi connectivity index (χ0) is 13.5. The van der Waals surface area contributed by atoms with E-state index in [1.165, 1.54) is 0 Å². The van der Waals surface area contributed by atoms with Crippen LogP contribution in [-0.2, 0) is 17.8 Å². The van der Waals surface area contributed by atoms with Crippen molar-refractivity contribution in [2.45, 2.75) is 19.4 Å². The van der Waals surface area contributed by atoms with E-state index in [-0.39, 0.29) is 5.91 Å². The Morgan fingerprint density at radius 2 is 1.74 bits per heavy atom. The van der Waals surface area contributed by atoms with Gasteiger partial charge >= 0.3 is 0 Å². The Balaban J connectivity index is 1.76. The van der Waals surface area contributed by atoms with Crippen LogP contribution in [0.1, 0.15) is 17.5 Å². The largest absolute Gasteiger partial charge is 0.399 e. The first-order valence-electron chi connectivity index (χ1n) is 6.39. The third-order valence-electron chi connectivity index (χ3n) is 2.92. The Kier molecular flexibility index (Phi) is 4.56. The van der Waals surface area contributed by atoms with E-state index in [1.807, 2.05) is 54.6 Å². The molecule has 0 saturated carbocycles. The van der Waals surface area contributed by atoms with E-state index in [0.29, 0.717) is 19.4 Å². The molecule has 3 nitrogen and oxygen atoms in total. The van der Waals surface area contributed by atoms with E-state index in [2.05, 4.69) is 5.32 Å². The summed E-state index contributed by atoms with van der Waals surface area (Å²) in [6.07, 6.45) is 1.20. The predicted octanol–water partition coefficient (Wildman–Crippen LogP) is 2.52. The van der Waals surface area contributed by atoms with Crippen molar-refractivity contribution < 1.29 is 4.79 Å². The summed E-state index contributed by atoms with van der Waals surface area (Å²) in [6, 6.07) is 17.5. The third kappa shape index (κ3) is 4.47. The molecule has 3 heteroatoms. The highest BCUT2D eigenvalue weighted by atomic mass is 16.1. The molecule has 0 bridgehead atoms. The molecule has 0 aliphatic carbocycles. The van der Waals surface area contributed by atoms with Crippen LogP contribution in [0.25, 0.3) is 0 Å². The van der Waals surface area contributed by atoms with Gasteiger partial charge in [-0.15, -0.1) is 0 Å². The number of amides is 1. The van der Waals surface area contributed by atoms with Gasteiger partial charge in [0.2, 0.25) is 5.91 Å². The summed E-state index contributed by atoms with van der Waals surface area (Å²) < 4.78 is 0. The van der Waals surface area contributed by atoms with Crippen LogP contribution in [0, 0.1) is 0 Å². The molecule has 2 aromatic carbocycles. The van der Waals surface area contributed by atoms with Gasteiger partial charge in [-0.25, -0.2) is 0 Å². The second-order valence-corrected chi connectivity index (χ2v) is 4.51. The second-order valence-electron chi connectivity index (χ2n) is 4.51. The number of carbonyl (C=O) groups excluding carboxylic acids is 1. The van der Waals surface area contributed by atoms with Gasteiger partial charge in [-0.2, -0.15) is 0 Å². The Labute approximate surface area is 113 Å². The monoisotopic (exact) mass is 254 g/mol. The Bertz CT molecular complexity index is 537. The molecular weight excluding hydrogens is 236 g/mol. The molecular formula is C16H18N2O. The van der Waals surface area contributed by atoms with Crippen LogP contribution in [0.15, 0.2) is 54.6 Å². The molecule has 0 fully saturated rings. The Morgan fingerprint density at radius 1 is 1.00 bits per heavy atom. The van der Waals surface area contributed by atoms with E-state index >= 15 is 0 Å². The first-order valence-corrected chi connectivity index (χ1v) is 6.39. The molecule has 0 aliphatic heterocycles. The number of hydrogen-bond acceptors (Lipinski definition) is 2. The minimum Gasteiger partial charge on any atom is -0.399 e. The number of nitrogens with two attached hydrogens (primary N) is 1. The van der Waals surface area contributed by atoms with Gasteiger partial charge in [-0.1, -0.05) is 42.5 Å². The maximum atomic E-state index is 11.7. The van der Waals surface area contributed by atoms with Crippen LogP contribution in [0.3, 0.4) is 0 Å². The minimum absolute atomic E-state index is 0.0614. The van der Waals surface area contributed by atoms with Crippen LogP contribution in [0.4, 0.5) is 5.69 Å². The number of rotatable bonds is 5. The second kappa shape index (κ2) is 6.59. The van der Waals surface area contributed by atoms with Gasteiger partial charge in [0.15, 0.2) is 0 Å². The molecule has 0 saturated heterocycles. The van der Waals surface area contributed by atoms with Crippen molar-refractivity contribution in [3.8, 4) is 0 Å². The topological polar surface area (TPSA) is 55.1 Å². The van der Waals surface area contributed by atoms with E-state index in [0.717, 1.165) is 16.8 Å². The molecule has 19 heavy (non-hydrogen) atoms. The number of carbonyl (C=O) groups is 1. The number of nitrogen functional groups attached to an aromatic ring is 1. The zero-order valence-corrected chi connectivity index (χ0v) is 10.8. The quantitative estimate of drug-likeness (QED) is 0.805. The molecule has 1 amide bonds. The molecule has 0 aromatic heterocycles. The average Bonchev–Trinajstić information content (AvgIpc) is 2.44. The van der Waals surface area contributed by atoms with Crippen molar-refractivity contribution in [1.82, 2.24) is 5.32 Å². The zero-order valence-electron chi connectivity index (χ0n) is 10.8. The fourth-order valence-electron chi connectivity index (χ4n) is 1.89. The van der Waals surface area contributed by atoms with Crippen molar-refractivity contribution in [3.05, 3.63) is 65.7 Å².